The zero-order chi connectivity index (χ0) is 23.3. The number of esters is 3. The molecule has 0 amide bonds. The van der Waals surface area contributed by atoms with Crippen molar-refractivity contribution in [2.45, 2.75) is 65.1 Å². The van der Waals surface area contributed by atoms with E-state index in [0.717, 1.165) is 5.56 Å². The summed E-state index contributed by atoms with van der Waals surface area (Å²) in [7, 11) is 1.32. The summed E-state index contributed by atoms with van der Waals surface area (Å²) >= 11 is 0. The number of rotatable bonds is 4. The number of hydrogen-bond acceptors (Lipinski definition) is 8. The molecule has 0 aromatic carbocycles. The summed E-state index contributed by atoms with van der Waals surface area (Å²) in [6.07, 6.45) is 3.13. The van der Waals surface area contributed by atoms with Gasteiger partial charge in [0.05, 0.1) is 31.5 Å². The van der Waals surface area contributed by atoms with Crippen LogP contribution in [-0.2, 0) is 33.4 Å². The van der Waals surface area contributed by atoms with Crippen molar-refractivity contribution in [2.75, 3.05) is 7.11 Å². The minimum Gasteiger partial charge on any atom is -0.472 e. The molecule has 1 aromatic heterocycles. The maximum Gasteiger partial charge on any atom is 0.310 e. The molecule has 2 heterocycles. The van der Waals surface area contributed by atoms with E-state index in [4.69, 9.17) is 18.6 Å². The maximum absolute atomic E-state index is 13.8. The van der Waals surface area contributed by atoms with E-state index in [9.17, 15) is 19.2 Å². The molecule has 3 aliphatic rings. The Hall–Kier alpha value is -2.64. The Morgan fingerprint density at radius 2 is 1.97 bits per heavy atom. The number of carbonyl (C=O) groups excluding carboxylic acids is 4. The van der Waals surface area contributed by atoms with Crippen LogP contribution in [0.4, 0.5) is 0 Å². The Balaban J connectivity index is 1.78. The SMILES string of the molecule is CCC(=O)O[C@H]1C[C@@H](C(=O)OC)[C@]2(C)CC[C@H]3C(=O)O[C@@H](c4ccoc4)C[C@]3(C)[C@H]2C1=O. The third-order valence-electron chi connectivity index (χ3n) is 8.07. The first-order chi connectivity index (χ1) is 15.2. The van der Waals surface area contributed by atoms with Gasteiger partial charge in [-0.25, -0.2) is 0 Å². The maximum atomic E-state index is 13.8. The van der Waals surface area contributed by atoms with E-state index < -0.39 is 52.7 Å². The molecule has 0 bridgehead atoms. The van der Waals surface area contributed by atoms with Gasteiger partial charge in [-0.2, -0.15) is 0 Å². The lowest BCUT2D eigenvalue weighted by Gasteiger charge is -2.61. The molecule has 4 rings (SSSR count). The second-order valence-electron chi connectivity index (χ2n) is 9.77. The highest BCUT2D eigenvalue weighted by Gasteiger charge is 2.67. The average molecular weight is 446 g/mol. The summed E-state index contributed by atoms with van der Waals surface area (Å²) in [6.45, 7) is 5.52. The monoisotopic (exact) mass is 446 g/mol. The van der Waals surface area contributed by atoms with Gasteiger partial charge < -0.3 is 18.6 Å². The van der Waals surface area contributed by atoms with E-state index in [2.05, 4.69) is 0 Å². The molecule has 0 N–H and O–H groups in total. The number of methoxy groups -OCH3 is 1. The number of fused-ring (bicyclic) bond motifs is 3. The lowest BCUT2D eigenvalue weighted by atomic mass is 9.43. The van der Waals surface area contributed by atoms with Crippen molar-refractivity contribution in [2.24, 2.45) is 28.6 Å². The second-order valence-corrected chi connectivity index (χ2v) is 9.77. The summed E-state index contributed by atoms with van der Waals surface area (Å²) in [6, 6.07) is 1.75. The van der Waals surface area contributed by atoms with Crippen LogP contribution in [0.5, 0.6) is 0 Å². The average Bonchev–Trinajstić information content (AvgIpc) is 3.29. The molecular formula is C24H30O8. The van der Waals surface area contributed by atoms with Crippen molar-refractivity contribution >= 4 is 23.7 Å². The summed E-state index contributed by atoms with van der Waals surface area (Å²) in [5, 5.41) is 0. The van der Waals surface area contributed by atoms with Crippen molar-refractivity contribution in [1.29, 1.82) is 0 Å². The highest BCUT2D eigenvalue weighted by Crippen LogP contribution is 2.65. The van der Waals surface area contributed by atoms with Crippen LogP contribution in [0.3, 0.4) is 0 Å². The Kier molecular flexibility index (Phi) is 5.67. The topological polar surface area (TPSA) is 109 Å². The van der Waals surface area contributed by atoms with Crippen LogP contribution >= 0.6 is 0 Å². The Labute approximate surface area is 186 Å². The summed E-state index contributed by atoms with van der Waals surface area (Å²) < 4.78 is 21.5. The van der Waals surface area contributed by atoms with Crippen LogP contribution in [0.15, 0.2) is 23.0 Å². The molecule has 3 fully saturated rings. The van der Waals surface area contributed by atoms with E-state index >= 15 is 0 Å². The van der Waals surface area contributed by atoms with Crippen LogP contribution < -0.4 is 0 Å². The number of ether oxygens (including phenoxy) is 3. The zero-order valence-electron chi connectivity index (χ0n) is 18.9. The molecule has 2 aliphatic carbocycles. The predicted molar refractivity (Wildman–Crippen MR) is 110 cm³/mol. The number of Topliss-reactive ketones (excluding diaryl/α,β-unsaturated/α-hetero) is 1. The molecule has 0 radical (unpaired) electrons. The van der Waals surface area contributed by atoms with Gasteiger partial charge in [0.15, 0.2) is 11.9 Å². The minimum atomic E-state index is -1.04. The van der Waals surface area contributed by atoms with Crippen molar-refractivity contribution in [3.8, 4) is 0 Å². The second kappa shape index (κ2) is 8.05. The van der Waals surface area contributed by atoms with Gasteiger partial charge in [0.1, 0.15) is 6.10 Å². The predicted octanol–water partition coefficient (Wildman–Crippen LogP) is 3.39. The first-order valence-electron chi connectivity index (χ1n) is 11.2. The molecular weight excluding hydrogens is 416 g/mol. The Morgan fingerprint density at radius 1 is 1.22 bits per heavy atom. The number of hydrogen-bond donors (Lipinski definition) is 0. The third-order valence-corrected chi connectivity index (χ3v) is 8.07. The van der Waals surface area contributed by atoms with Gasteiger partial charge in [-0.3, -0.25) is 19.2 Å². The summed E-state index contributed by atoms with van der Waals surface area (Å²) in [4.78, 5) is 51.8. The normalized spacial score (nSPS) is 38.8. The van der Waals surface area contributed by atoms with Gasteiger partial charge in [0.25, 0.3) is 0 Å². The molecule has 1 aromatic rings. The standard InChI is InChI=1S/C24H30O8/c1-5-18(25)31-16-10-15(21(27)29-4)23(2)8-6-14-22(28)32-17(13-7-9-30-12-13)11-24(14,3)20(23)19(16)26/h7,9,12,14-17,20H,5-6,8,10-11H2,1-4H3/t14-,15-,16-,17+,20-,23-,24-/m0/s1. The van der Waals surface area contributed by atoms with Gasteiger partial charge >= 0.3 is 17.9 Å². The van der Waals surface area contributed by atoms with Gasteiger partial charge in [-0.05, 0) is 36.2 Å². The number of cyclic esters (lactones) is 1. The molecule has 8 nitrogen and oxygen atoms in total. The Morgan fingerprint density at radius 3 is 2.59 bits per heavy atom. The minimum absolute atomic E-state index is 0.0978. The summed E-state index contributed by atoms with van der Waals surface area (Å²) in [5.74, 6) is -3.24. The van der Waals surface area contributed by atoms with Crippen LogP contribution in [0.1, 0.15) is 64.5 Å². The fraction of sp³-hybridized carbons (Fsp3) is 0.667. The van der Waals surface area contributed by atoms with E-state index in [1.807, 2.05) is 13.8 Å². The Bertz CT molecular complexity index is 920. The fourth-order valence-corrected chi connectivity index (χ4v) is 6.51. The molecule has 32 heavy (non-hydrogen) atoms. The largest absolute Gasteiger partial charge is 0.472 e. The molecule has 1 saturated heterocycles. The van der Waals surface area contributed by atoms with Crippen molar-refractivity contribution < 1.29 is 37.8 Å². The highest BCUT2D eigenvalue weighted by molar-refractivity contribution is 5.93. The number of furan rings is 1. The molecule has 8 heteroatoms. The molecule has 2 saturated carbocycles. The number of ketones is 1. The van der Waals surface area contributed by atoms with Gasteiger partial charge in [-0.15, -0.1) is 0 Å². The van der Waals surface area contributed by atoms with Crippen molar-refractivity contribution in [1.82, 2.24) is 0 Å². The third kappa shape index (κ3) is 3.35. The van der Waals surface area contributed by atoms with Crippen LogP contribution in [0.25, 0.3) is 0 Å². The van der Waals surface area contributed by atoms with Crippen molar-refractivity contribution in [3.05, 3.63) is 24.2 Å². The van der Waals surface area contributed by atoms with Crippen LogP contribution in [0.2, 0.25) is 0 Å². The molecule has 0 spiro atoms. The molecule has 174 valence electrons. The zero-order valence-corrected chi connectivity index (χ0v) is 18.9. The molecule has 1 aliphatic heterocycles. The lowest BCUT2D eigenvalue weighted by Crippen LogP contribution is -2.64. The molecule has 7 atom stereocenters. The van der Waals surface area contributed by atoms with E-state index in [-0.39, 0.29) is 24.6 Å². The van der Waals surface area contributed by atoms with Crippen LogP contribution in [0, 0.1) is 28.6 Å². The van der Waals surface area contributed by atoms with Crippen molar-refractivity contribution in [3.63, 3.8) is 0 Å². The fourth-order valence-electron chi connectivity index (χ4n) is 6.51. The van der Waals surface area contributed by atoms with E-state index in [1.165, 1.54) is 19.6 Å². The van der Waals surface area contributed by atoms with Gasteiger partial charge in [0.2, 0.25) is 0 Å². The van der Waals surface area contributed by atoms with E-state index in [1.54, 1.807) is 13.0 Å². The first-order valence-corrected chi connectivity index (χ1v) is 11.2. The highest BCUT2D eigenvalue weighted by atomic mass is 16.6. The van der Waals surface area contributed by atoms with Gasteiger partial charge in [0, 0.05) is 24.3 Å². The molecule has 0 unspecified atom stereocenters. The van der Waals surface area contributed by atoms with E-state index in [0.29, 0.717) is 19.3 Å². The quantitative estimate of drug-likeness (QED) is 0.511. The smallest absolute Gasteiger partial charge is 0.310 e. The summed E-state index contributed by atoms with van der Waals surface area (Å²) in [5.41, 5.74) is -0.763. The van der Waals surface area contributed by atoms with Gasteiger partial charge in [-0.1, -0.05) is 20.8 Å². The van der Waals surface area contributed by atoms with Crippen LogP contribution in [-0.4, -0.2) is 36.9 Å². The number of carbonyl (C=O) groups is 4. The lowest BCUT2D eigenvalue weighted by molar-refractivity contribution is -0.210. The first kappa shape index (κ1) is 22.6.